The van der Waals surface area contributed by atoms with Crippen LogP contribution in [0.5, 0.6) is 5.75 Å². The molecule has 2 aliphatic rings. The summed E-state index contributed by atoms with van der Waals surface area (Å²) in [4.78, 5) is 27.9. The number of aliphatic hydroxyl groups excluding tert-OH is 1. The molecule has 1 heterocycles. The number of rotatable bonds is 8. The van der Waals surface area contributed by atoms with E-state index in [0.29, 0.717) is 5.69 Å². The molecule has 10 heteroatoms. The molecular weight excluding hydrogens is 494 g/mol. The van der Waals surface area contributed by atoms with Gasteiger partial charge in [-0.2, -0.15) is 4.31 Å². The molecule has 0 saturated heterocycles. The smallest absolute Gasteiger partial charge is 0.258 e. The number of anilines is 1. The second kappa shape index (κ2) is 10.8. The van der Waals surface area contributed by atoms with E-state index in [1.165, 1.54) is 11.4 Å². The van der Waals surface area contributed by atoms with E-state index in [9.17, 15) is 23.1 Å². The van der Waals surface area contributed by atoms with Crippen LogP contribution in [0.1, 0.15) is 42.6 Å². The Bertz CT molecular complexity index is 1260. The van der Waals surface area contributed by atoms with Crippen LogP contribution in [0.2, 0.25) is 0 Å². The summed E-state index contributed by atoms with van der Waals surface area (Å²) in [5.41, 5.74) is 1.59. The number of hydrogen-bond donors (Lipinski definition) is 2. The average molecular weight is 530 g/mol. The molecule has 2 amide bonds. The van der Waals surface area contributed by atoms with Gasteiger partial charge in [0.15, 0.2) is 5.75 Å². The number of carbonyl (C=O) groups excluding carboxylic acids is 2. The molecule has 0 radical (unpaired) electrons. The maximum absolute atomic E-state index is 13.5. The summed E-state index contributed by atoms with van der Waals surface area (Å²) in [6, 6.07) is 11.2. The van der Waals surface area contributed by atoms with Crippen molar-refractivity contribution >= 4 is 27.5 Å². The molecule has 4 rings (SSSR count). The minimum atomic E-state index is -3.79. The van der Waals surface area contributed by atoms with Crippen LogP contribution in [0, 0.1) is 18.8 Å². The lowest BCUT2D eigenvalue weighted by Gasteiger charge is -2.38. The zero-order valence-electron chi connectivity index (χ0n) is 21.7. The number of benzene rings is 2. The summed E-state index contributed by atoms with van der Waals surface area (Å²) < 4.78 is 34.3. The van der Waals surface area contributed by atoms with Gasteiger partial charge in [0.05, 0.1) is 35.3 Å². The zero-order valence-corrected chi connectivity index (χ0v) is 22.5. The van der Waals surface area contributed by atoms with Crippen LogP contribution in [0.4, 0.5) is 5.69 Å². The summed E-state index contributed by atoms with van der Waals surface area (Å²) >= 11 is 0. The highest BCUT2D eigenvalue weighted by Crippen LogP contribution is 2.37. The Morgan fingerprint density at radius 3 is 2.51 bits per heavy atom. The van der Waals surface area contributed by atoms with E-state index in [-0.39, 0.29) is 59.6 Å². The maximum atomic E-state index is 13.5. The first-order chi connectivity index (χ1) is 17.5. The topological polar surface area (TPSA) is 116 Å². The first-order valence-corrected chi connectivity index (χ1v) is 14.0. The molecule has 37 heavy (non-hydrogen) atoms. The van der Waals surface area contributed by atoms with Crippen molar-refractivity contribution in [2.24, 2.45) is 11.8 Å². The van der Waals surface area contributed by atoms with Crippen LogP contribution in [0.25, 0.3) is 0 Å². The number of nitrogens with one attached hydrogen (secondary N) is 1. The molecule has 1 saturated carbocycles. The van der Waals surface area contributed by atoms with Crippen molar-refractivity contribution in [2.45, 2.75) is 50.7 Å². The van der Waals surface area contributed by atoms with Gasteiger partial charge in [0.25, 0.3) is 5.91 Å². The van der Waals surface area contributed by atoms with E-state index in [1.807, 2.05) is 13.8 Å². The molecule has 0 bridgehead atoms. The number of para-hydroxylation sites is 1. The van der Waals surface area contributed by atoms with Crippen molar-refractivity contribution in [1.29, 1.82) is 0 Å². The van der Waals surface area contributed by atoms with Gasteiger partial charge >= 0.3 is 0 Å². The minimum absolute atomic E-state index is 0.0251. The predicted molar refractivity (Wildman–Crippen MR) is 140 cm³/mol. The molecule has 0 unspecified atom stereocenters. The fraction of sp³-hybridized carbons (Fsp3) is 0.481. The minimum Gasteiger partial charge on any atom is -0.486 e. The summed E-state index contributed by atoms with van der Waals surface area (Å²) in [6.07, 6.45) is 1.01. The number of aliphatic hydroxyl groups is 1. The van der Waals surface area contributed by atoms with Crippen molar-refractivity contribution in [2.75, 3.05) is 32.1 Å². The van der Waals surface area contributed by atoms with Crippen LogP contribution in [0.3, 0.4) is 0 Å². The highest BCUT2D eigenvalue weighted by Gasteiger charge is 2.37. The zero-order chi connectivity index (χ0) is 26.9. The Kier molecular flexibility index (Phi) is 7.91. The van der Waals surface area contributed by atoms with E-state index in [2.05, 4.69) is 5.32 Å². The number of hydrogen-bond acceptors (Lipinski definition) is 6. The Morgan fingerprint density at radius 1 is 1.22 bits per heavy atom. The lowest BCUT2D eigenvalue weighted by Crippen LogP contribution is -2.50. The second-order valence-corrected chi connectivity index (χ2v) is 12.2. The van der Waals surface area contributed by atoms with Gasteiger partial charge in [-0.3, -0.25) is 9.59 Å². The van der Waals surface area contributed by atoms with E-state index in [0.717, 1.165) is 18.4 Å². The van der Waals surface area contributed by atoms with Gasteiger partial charge < -0.3 is 20.1 Å². The highest BCUT2D eigenvalue weighted by molar-refractivity contribution is 7.89. The summed E-state index contributed by atoms with van der Waals surface area (Å²) in [6.45, 7) is 5.60. The lowest BCUT2D eigenvalue weighted by atomic mass is 9.99. The summed E-state index contributed by atoms with van der Waals surface area (Å²) in [5.74, 6) is -0.560. The monoisotopic (exact) mass is 529 g/mol. The Morgan fingerprint density at radius 2 is 1.89 bits per heavy atom. The van der Waals surface area contributed by atoms with Crippen LogP contribution in [-0.2, 0) is 14.8 Å². The molecule has 2 aromatic carbocycles. The van der Waals surface area contributed by atoms with E-state index >= 15 is 0 Å². The fourth-order valence-electron chi connectivity index (χ4n) is 4.38. The molecule has 1 aliphatic carbocycles. The third-order valence-corrected chi connectivity index (χ3v) is 8.90. The number of fused-ring (bicyclic) bond motifs is 1. The van der Waals surface area contributed by atoms with Crippen molar-refractivity contribution in [1.82, 2.24) is 9.21 Å². The number of nitrogens with zero attached hydrogens (tertiary/aromatic N) is 2. The number of ether oxygens (including phenoxy) is 1. The van der Waals surface area contributed by atoms with Crippen molar-refractivity contribution in [3.05, 3.63) is 53.6 Å². The standard InChI is InChI=1S/C27H35N3O6S/c1-17-8-12-21(13-9-17)37(34,35)29(4)15-24-18(2)14-30(19(3)16-31)27(33)22-6-5-7-23(25(22)36-24)28-26(32)20-10-11-20/h5-9,12-13,18-20,24,31H,10-11,14-16H2,1-4H3,(H,28,32)/t18-,19-,24-/m0/s1. The normalized spacial score (nSPS) is 21.0. The molecular formula is C27H35N3O6S. The SMILES string of the molecule is Cc1ccc(S(=O)(=O)N(C)C[C@@H]2Oc3c(NC(=O)C4CC4)cccc3C(=O)N([C@@H](C)CO)C[C@@H]2C)cc1. The number of sulfonamides is 1. The maximum Gasteiger partial charge on any atom is 0.258 e. The van der Waals surface area contributed by atoms with Crippen molar-refractivity contribution in [3.8, 4) is 5.75 Å². The van der Waals surface area contributed by atoms with Gasteiger partial charge in [-0.05, 0) is 51.0 Å². The first-order valence-electron chi connectivity index (χ1n) is 12.6. The number of carbonyl (C=O) groups is 2. The molecule has 2 aromatic rings. The van der Waals surface area contributed by atoms with Gasteiger partial charge in [-0.25, -0.2) is 8.42 Å². The van der Waals surface area contributed by atoms with Gasteiger partial charge in [0.2, 0.25) is 15.9 Å². The molecule has 0 spiro atoms. The Balaban J connectivity index is 1.70. The third-order valence-electron chi connectivity index (χ3n) is 7.06. The quantitative estimate of drug-likeness (QED) is 0.543. The molecule has 2 N–H and O–H groups in total. The first kappa shape index (κ1) is 27.1. The second-order valence-electron chi connectivity index (χ2n) is 10.2. The third kappa shape index (κ3) is 5.81. The average Bonchev–Trinajstić information content (AvgIpc) is 3.72. The van der Waals surface area contributed by atoms with Gasteiger partial charge in [0.1, 0.15) is 6.10 Å². The number of likely N-dealkylation sites (N-methyl/N-ethyl adjacent to an activating group) is 1. The summed E-state index contributed by atoms with van der Waals surface area (Å²) in [7, 11) is -2.29. The van der Waals surface area contributed by atoms with Gasteiger partial charge in [-0.15, -0.1) is 0 Å². The van der Waals surface area contributed by atoms with Crippen molar-refractivity contribution < 1.29 is 27.9 Å². The lowest BCUT2D eigenvalue weighted by molar-refractivity contribution is -0.117. The predicted octanol–water partition coefficient (Wildman–Crippen LogP) is 2.88. The van der Waals surface area contributed by atoms with E-state index < -0.39 is 22.2 Å². The van der Waals surface area contributed by atoms with Crippen LogP contribution in [-0.4, -0.2) is 73.4 Å². The van der Waals surface area contributed by atoms with Gasteiger partial charge in [0, 0.05) is 25.4 Å². The Hall–Kier alpha value is -2.95. The van der Waals surface area contributed by atoms with Gasteiger partial charge in [-0.1, -0.05) is 30.7 Å². The Labute approximate surface area is 218 Å². The summed E-state index contributed by atoms with van der Waals surface area (Å²) in [5, 5.41) is 12.7. The molecule has 0 aromatic heterocycles. The molecule has 1 aliphatic heterocycles. The molecule has 200 valence electrons. The largest absolute Gasteiger partial charge is 0.486 e. The number of aryl methyl sites for hydroxylation is 1. The van der Waals surface area contributed by atoms with Crippen LogP contribution in [0.15, 0.2) is 47.4 Å². The van der Waals surface area contributed by atoms with Crippen LogP contribution >= 0.6 is 0 Å². The van der Waals surface area contributed by atoms with Crippen LogP contribution < -0.4 is 10.1 Å². The molecule has 3 atom stereocenters. The fourth-order valence-corrected chi connectivity index (χ4v) is 5.56. The highest BCUT2D eigenvalue weighted by atomic mass is 32.2. The van der Waals surface area contributed by atoms with E-state index in [4.69, 9.17) is 4.74 Å². The molecule has 1 fully saturated rings. The van der Waals surface area contributed by atoms with E-state index in [1.54, 1.807) is 54.3 Å². The van der Waals surface area contributed by atoms with Crippen molar-refractivity contribution in [3.63, 3.8) is 0 Å². The number of amides is 2. The molecule has 9 nitrogen and oxygen atoms in total.